The molecule has 0 saturated heterocycles. The first-order valence-electron chi connectivity index (χ1n) is 9.57. The van der Waals surface area contributed by atoms with Crippen molar-refractivity contribution in [3.8, 4) is 5.75 Å². The number of ether oxygens (including phenoxy) is 1. The summed E-state index contributed by atoms with van der Waals surface area (Å²) in [6, 6.07) is 13.6. The fraction of sp³-hybridized carbons (Fsp3) is 0.0833. The minimum absolute atomic E-state index is 0.465. The average molecular weight is 396 g/mol. The Labute approximate surface area is 174 Å². The lowest BCUT2D eigenvalue weighted by atomic mass is 9.88. The first-order chi connectivity index (χ1) is 14.7. The van der Waals surface area contributed by atoms with Crippen molar-refractivity contribution in [2.24, 2.45) is 0 Å². The van der Waals surface area contributed by atoms with Gasteiger partial charge in [-0.15, -0.1) is 0 Å². The lowest BCUT2D eigenvalue weighted by Gasteiger charge is -2.18. The van der Waals surface area contributed by atoms with E-state index in [1.54, 1.807) is 24.7 Å². The van der Waals surface area contributed by atoms with E-state index < -0.39 is 5.97 Å². The zero-order valence-corrected chi connectivity index (χ0v) is 16.5. The van der Waals surface area contributed by atoms with Crippen molar-refractivity contribution in [2.75, 3.05) is 0 Å². The van der Waals surface area contributed by atoms with Crippen molar-refractivity contribution in [3.63, 3.8) is 0 Å². The molecule has 0 saturated carbocycles. The van der Waals surface area contributed by atoms with Crippen molar-refractivity contribution < 1.29 is 9.53 Å². The van der Waals surface area contributed by atoms with Crippen molar-refractivity contribution in [1.29, 1.82) is 0 Å². The molecule has 2 aromatic heterocycles. The Hall–Kier alpha value is -4.06. The maximum Gasteiger partial charge on any atom is 0.335 e. The van der Waals surface area contributed by atoms with Crippen LogP contribution in [-0.4, -0.2) is 26.1 Å². The molecule has 0 radical (unpaired) electrons. The van der Waals surface area contributed by atoms with Gasteiger partial charge < -0.3 is 4.74 Å². The molecule has 2 aromatic carbocycles. The van der Waals surface area contributed by atoms with Gasteiger partial charge in [-0.05, 0) is 41.3 Å². The maximum absolute atomic E-state index is 12.0. The Morgan fingerprint density at radius 2 is 1.90 bits per heavy atom. The Morgan fingerprint density at radius 1 is 1.10 bits per heavy atom. The number of aromatic amines is 1. The number of para-hydroxylation sites is 1. The number of allylic oxidation sites excluding steroid dienone is 1. The zero-order chi connectivity index (χ0) is 20.9. The minimum Gasteiger partial charge on any atom is -0.423 e. The van der Waals surface area contributed by atoms with Gasteiger partial charge in [0, 0.05) is 35.0 Å². The second-order valence-corrected chi connectivity index (χ2v) is 6.63. The normalized spacial score (nSPS) is 11.8. The van der Waals surface area contributed by atoms with Gasteiger partial charge in [-0.2, -0.15) is 5.10 Å². The predicted octanol–water partition coefficient (Wildman–Crippen LogP) is 4.81. The molecule has 2 heterocycles. The number of nitrogens with one attached hydrogen (secondary N) is 1. The van der Waals surface area contributed by atoms with Crippen LogP contribution in [0.3, 0.4) is 0 Å². The fourth-order valence-electron chi connectivity index (χ4n) is 3.48. The number of hydrogen-bond donors (Lipinski definition) is 1. The van der Waals surface area contributed by atoms with E-state index in [2.05, 4.69) is 39.7 Å². The lowest BCUT2D eigenvalue weighted by molar-refractivity contribution is -0.128. The molecule has 1 N–H and O–H groups in total. The van der Waals surface area contributed by atoms with Gasteiger partial charge >= 0.3 is 5.97 Å². The van der Waals surface area contributed by atoms with Gasteiger partial charge in [-0.1, -0.05) is 37.8 Å². The van der Waals surface area contributed by atoms with E-state index >= 15 is 0 Å². The van der Waals surface area contributed by atoms with Gasteiger partial charge in [-0.25, -0.2) is 14.8 Å². The van der Waals surface area contributed by atoms with E-state index in [4.69, 9.17) is 4.74 Å². The fourth-order valence-corrected chi connectivity index (χ4v) is 3.48. The molecule has 0 aliphatic carbocycles. The largest absolute Gasteiger partial charge is 0.423 e. The number of carbonyl (C=O) groups is 1. The Morgan fingerprint density at radius 3 is 2.67 bits per heavy atom. The topological polar surface area (TPSA) is 80.8 Å². The molecule has 4 aromatic rings. The molecule has 0 bridgehead atoms. The van der Waals surface area contributed by atoms with Crippen LogP contribution < -0.4 is 4.74 Å². The van der Waals surface area contributed by atoms with Gasteiger partial charge in [-0.3, -0.25) is 5.10 Å². The monoisotopic (exact) mass is 396 g/mol. The van der Waals surface area contributed by atoms with Crippen LogP contribution >= 0.6 is 0 Å². The smallest absolute Gasteiger partial charge is 0.335 e. The van der Waals surface area contributed by atoms with Gasteiger partial charge in [0.1, 0.15) is 12.1 Å². The van der Waals surface area contributed by atoms with Gasteiger partial charge in [0.25, 0.3) is 0 Å². The van der Waals surface area contributed by atoms with E-state index in [-0.39, 0.29) is 0 Å². The van der Waals surface area contributed by atoms with E-state index in [0.717, 1.165) is 51.2 Å². The molecule has 4 rings (SSSR count). The molecule has 30 heavy (non-hydrogen) atoms. The molecule has 148 valence electrons. The van der Waals surface area contributed by atoms with Crippen LogP contribution in [0.5, 0.6) is 5.75 Å². The second kappa shape index (κ2) is 8.53. The second-order valence-electron chi connectivity index (χ2n) is 6.63. The van der Waals surface area contributed by atoms with E-state index in [0.29, 0.717) is 5.75 Å². The number of carbonyl (C=O) groups excluding carboxylic acids is 1. The Bertz CT molecular complexity index is 1240. The van der Waals surface area contributed by atoms with Gasteiger partial charge in [0.05, 0.1) is 11.7 Å². The van der Waals surface area contributed by atoms with Crippen LogP contribution in [0.15, 0.2) is 80.0 Å². The summed E-state index contributed by atoms with van der Waals surface area (Å²) in [4.78, 5) is 20.3. The maximum atomic E-state index is 12.0. The predicted molar refractivity (Wildman–Crippen MR) is 117 cm³/mol. The summed E-state index contributed by atoms with van der Waals surface area (Å²) in [6.07, 6.45) is 8.77. The molecule has 0 amide bonds. The molecule has 0 aliphatic heterocycles. The number of H-pyrrole nitrogens is 1. The molecule has 0 fully saturated rings. The number of esters is 1. The first-order valence-corrected chi connectivity index (χ1v) is 9.57. The van der Waals surface area contributed by atoms with Crippen molar-refractivity contribution in [2.45, 2.75) is 13.3 Å². The third-order valence-corrected chi connectivity index (χ3v) is 4.83. The van der Waals surface area contributed by atoms with Crippen LogP contribution in [0.4, 0.5) is 0 Å². The van der Waals surface area contributed by atoms with E-state index in [9.17, 15) is 4.79 Å². The number of nitrogens with zero attached hydrogens (tertiary/aromatic N) is 3. The molecule has 0 unspecified atom stereocenters. The SMILES string of the molecule is C=CC(=O)Oc1ccccc1/C(=C(\CC)c1cncnc1)c1ccc2[nH]ncc2c1. The van der Waals surface area contributed by atoms with Gasteiger partial charge in [0.2, 0.25) is 0 Å². The summed E-state index contributed by atoms with van der Waals surface area (Å²) in [5.41, 5.74) is 5.63. The van der Waals surface area contributed by atoms with Crippen molar-refractivity contribution >= 4 is 28.0 Å². The number of hydrogen-bond acceptors (Lipinski definition) is 5. The summed E-state index contributed by atoms with van der Waals surface area (Å²) in [5.74, 6) is -0.0410. The Kier molecular flexibility index (Phi) is 5.48. The summed E-state index contributed by atoms with van der Waals surface area (Å²) >= 11 is 0. The Balaban J connectivity index is 2.01. The van der Waals surface area contributed by atoms with Crippen LogP contribution in [0.25, 0.3) is 22.0 Å². The van der Waals surface area contributed by atoms with Crippen molar-refractivity contribution in [1.82, 2.24) is 20.2 Å². The number of aromatic nitrogens is 4. The number of fused-ring (bicyclic) bond motifs is 1. The molecule has 0 aliphatic rings. The molecule has 0 spiro atoms. The molecular formula is C24H20N4O2. The van der Waals surface area contributed by atoms with Crippen LogP contribution in [-0.2, 0) is 4.79 Å². The van der Waals surface area contributed by atoms with E-state index in [1.165, 1.54) is 6.33 Å². The lowest BCUT2D eigenvalue weighted by Crippen LogP contribution is -2.06. The third-order valence-electron chi connectivity index (χ3n) is 4.83. The number of rotatable bonds is 6. The van der Waals surface area contributed by atoms with Gasteiger partial charge in [0.15, 0.2) is 0 Å². The highest BCUT2D eigenvalue weighted by Gasteiger charge is 2.18. The summed E-state index contributed by atoms with van der Waals surface area (Å²) in [5, 5.41) is 8.09. The van der Waals surface area contributed by atoms with E-state index in [1.807, 2.05) is 30.3 Å². The number of benzene rings is 2. The highest BCUT2D eigenvalue weighted by atomic mass is 16.5. The molecular weight excluding hydrogens is 376 g/mol. The molecule has 6 nitrogen and oxygen atoms in total. The van der Waals surface area contributed by atoms with Crippen LogP contribution in [0.2, 0.25) is 0 Å². The third kappa shape index (κ3) is 3.75. The standard InChI is InChI=1S/C24H20N4O2/c1-3-19(18-12-25-15-26-13-18)24(16-9-10-21-17(11-16)14-27-28-21)20-7-5-6-8-22(20)30-23(29)4-2/h4-15H,2-3H2,1H3,(H,27,28)/b24-19+. The first kappa shape index (κ1) is 19.3. The summed E-state index contributed by atoms with van der Waals surface area (Å²) in [7, 11) is 0. The molecule has 0 atom stereocenters. The highest BCUT2D eigenvalue weighted by Crippen LogP contribution is 2.39. The minimum atomic E-state index is -0.506. The molecule has 6 heteroatoms. The van der Waals surface area contributed by atoms with Crippen LogP contribution in [0, 0.1) is 0 Å². The highest BCUT2D eigenvalue weighted by molar-refractivity contribution is 6.02. The van der Waals surface area contributed by atoms with Crippen LogP contribution in [0.1, 0.15) is 30.0 Å². The zero-order valence-electron chi connectivity index (χ0n) is 16.5. The summed E-state index contributed by atoms with van der Waals surface area (Å²) in [6.45, 7) is 5.58. The summed E-state index contributed by atoms with van der Waals surface area (Å²) < 4.78 is 5.56. The average Bonchev–Trinajstić information content (AvgIpc) is 3.26. The van der Waals surface area contributed by atoms with Crippen molar-refractivity contribution in [3.05, 3.63) is 96.7 Å². The quantitative estimate of drug-likeness (QED) is 0.287.